The van der Waals surface area contributed by atoms with E-state index >= 15 is 0 Å². The van der Waals surface area contributed by atoms with Crippen molar-refractivity contribution >= 4 is 63.7 Å². The summed E-state index contributed by atoms with van der Waals surface area (Å²) in [6.07, 6.45) is 0. The molecule has 0 aliphatic rings. The molecule has 8 heteroatoms. The number of carbonyl (C=O) groups excluding carboxylic acids is 1. The summed E-state index contributed by atoms with van der Waals surface area (Å²) in [5, 5.41) is 6.42. The lowest BCUT2D eigenvalue weighted by Crippen LogP contribution is -2.34. The quantitative estimate of drug-likeness (QED) is 0.586. The summed E-state index contributed by atoms with van der Waals surface area (Å²) < 4.78 is 5.04. The number of ether oxygens (including phenoxy) is 1. The Morgan fingerprint density at radius 2 is 1.65 bits per heavy atom. The number of amides is 1. The molecule has 23 heavy (non-hydrogen) atoms. The first kappa shape index (κ1) is 17.8. The Morgan fingerprint density at radius 1 is 1.04 bits per heavy atom. The van der Waals surface area contributed by atoms with E-state index in [1.165, 1.54) is 12.1 Å². The minimum absolute atomic E-state index is 0.0890. The molecule has 0 unspecified atom stereocenters. The standard InChI is InChI=1S/C15H11Cl3N2O2S/c1-22-9-4-2-8(3-5-9)14(21)20-15(23)19-13-7-11(17)10(16)6-12(13)18/h2-7H,1H3,(H2,19,20,21,23). The van der Waals surface area contributed by atoms with Gasteiger partial charge in [0, 0.05) is 5.56 Å². The van der Waals surface area contributed by atoms with Gasteiger partial charge in [-0.05, 0) is 48.6 Å². The van der Waals surface area contributed by atoms with Gasteiger partial charge in [-0.1, -0.05) is 34.8 Å². The minimum atomic E-state index is -0.360. The fourth-order valence-corrected chi connectivity index (χ4v) is 2.49. The maximum atomic E-state index is 12.1. The van der Waals surface area contributed by atoms with Crippen molar-refractivity contribution in [3.63, 3.8) is 0 Å². The summed E-state index contributed by atoms with van der Waals surface area (Å²) in [7, 11) is 1.55. The second kappa shape index (κ2) is 7.84. The Bertz CT molecular complexity index is 751. The number of hydrogen-bond acceptors (Lipinski definition) is 3. The van der Waals surface area contributed by atoms with Crippen LogP contribution in [-0.4, -0.2) is 18.1 Å². The number of carbonyl (C=O) groups is 1. The van der Waals surface area contributed by atoms with Crippen LogP contribution in [0.2, 0.25) is 15.1 Å². The third-order valence-electron chi connectivity index (χ3n) is 2.84. The molecule has 0 spiro atoms. The van der Waals surface area contributed by atoms with Crippen LogP contribution in [0.15, 0.2) is 36.4 Å². The van der Waals surface area contributed by atoms with Crippen molar-refractivity contribution in [3.05, 3.63) is 57.0 Å². The van der Waals surface area contributed by atoms with Crippen molar-refractivity contribution in [1.29, 1.82) is 0 Å². The van der Waals surface area contributed by atoms with Crippen molar-refractivity contribution in [3.8, 4) is 5.75 Å². The van der Waals surface area contributed by atoms with E-state index in [0.717, 1.165) is 0 Å². The van der Waals surface area contributed by atoms with Crippen LogP contribution >= 0.6 is 47.0 Å². The van der Waals surface area contributed by atoms with E-state index in [1.54, 1.807) is 31.4 Å². The number of thiocarbonyl (C=S) groups is 1. The molecule has 0 saturated heterocycles. The summed E-state index contributed by atoms with van der Waals surface area (Å²) in [5.74, 6) is 0.297. The zero-order valence-corrected chi connectivity index (χ0v) is 14.9. The van der Waals surface area contributed by atoms with Crippen LogP contribution in [0.5, 0.6) is 5.75 Å². The summed E-state index contributed by atoms with van der Waals surface area (Å²) in [6.45, 7) is 0. The molecule has 120 valence electrons. The molecule has 0 aliphatic carbocycles. The molecule has 0 radical (unpaired) electrons. The highest BCUT2D eigenvalue weighted by Gasteiger charge is 2.11. The summed E-state index contributed by atoms with van der Waals surface area (Å²) in [6, 6.07) is 9.63. The summed E-state index contributed by atoms with van der Waals surface area (Å²) >= 11 is 22.9. The van der Waals surface area contributed by atoms with Gasteiger partial charge in [-0.2, -0.15) is 0 Å². The zero-order valence-electron chi connectivity index (χ0n) is 11.8. The Labute approximate surface area is 153 Å². The molecule has 0 heterocycles. The Morgan fingerprint density at radius 3 is 2.26 bits per heavy atom. The Hall–Kier alpha value is -1.53. The molecular formula is C15H11Cl3N2O2S. The third-order valence-corrected chi connectivity index (χ3v) is 4.08. The van der Waals surface area contributed by atoms with Crippen LogP contribution in [-0.2, 0) is 0 Å². The molecule has 4 nitrogen and oxygen atoms in total. The van der Waals surface area contributed by atoms with Gasteiger partial charge in [-0.25, -0.2) is 0 Å². The lowest BCUT2D eigenvalue weighted by molar-refractivity contribution is 0.0977. The van der Waals surface area contributed by atoms with Crippen molar-refractivity contribution in [1.82, 2.24) is 5.32 Å². The van der Waals surface area contributed by atoms with Crippen LogP contribution in [0, 0.1) is 0 Å². The van der Waals surface area contributed by atoms with Gasteiger partial charge in [-0.3, -0.25) is 10.1 Å². The van der Waals surface area contributed by atoms with Gasteiger partial charge in [-0.15, -0.1) is 0 Å². The van der Waals surface area contributed by atoms with Gasteiger partial charge >= 0.3 is 0 Å². The molecule has 1 amide bonds. The highest BCUT2D eigenvalue weighted by Crippen LogP contribution is 2.32. The second-order valence-electron chi connectivity index (χ2n) is 4.38. The molecule has 2 rings (SSSR count). The molecule has 2 N–H and O–H groups in total. The molecule has 0 aromatic heterocycles. The van der Waals surface area contributed by atoms with Crippen molar-refractivity contribution in [2.75, 3.05) is 12.4 Å². The molecule has 0 saturated carbocycles. The van der Waals surface area contributed by atoms with Crippen LogP contribution in [0.3, 0.4) is 0 Å². The first-order valence-corrected chi connectivity index (χ1v) is 7.86. The molecule has 0 bridgehead atoms. The van der Waals surface area contributed by atoms with E-state index in [2.05, 4.69) is 10.6 Å². The number of benzene rings is 2. The van der Waals surface area contributed by atoms with Gasteiger partial charge in [0.1, 0.15) is 5.75 Å². The fraction of sp³-hybridized carbons (Fsp3) is 0.0667. The maximum Gasteiger partial charge on any atom is 0.257 e. The highest BCUT2D eigenvalue weighted by molar-refractivity contribution is 7.80. The van der Waals surface area contributed by atoms with E-state index in [1.807, 2.05) is 0 Å². The predicted molar refractivity (Wildman–Crippen MR) is 98.2 cm³/mol. The monoisotopic (exact) mass is 388 g/mol. The predicted octanol–water partition coefficient (Wildman–Crippen LogP) is 4.78. The minimum Gasteiger partial charge on any atom is -0.497 e. The number of rotatable bonds is 3. The molecule has 0 aliphatic heterocycles. The molecule has 2 aromatic carbocycles. The summed E-state index contributed by atoms with van der Waals surface area (Å²) in [4.78, 5) is 12.1. The topological polar surface area (TPSA) is 50.4 Å². The van der Waals surface area contributed by atoms with E-state index in [0.29, 0.717) is 32.1 Å². The van der Waals surface area contributed by atoms with Gasteiger partial charge in [0.15, 0.2) is 5.11 Å². The van der Waals surface area contributed by atoms with Gasteiger partial charge in [0.05, 0.1) is 27.9 Å². The van der Waals surface area contributed by atoms with Crippen LogP contribution < -0.4 is 15.4 Å². The van der Waals surface area contributed by atoms with Crippen molar-refractivity contribution < 1.29 is 9.53 Å². The van der Waals surface area contributed by atoms with Gasteiger partial charge in [0.2, 0.25) is 0 Å². The van der Waals surface area contributed by atoms with Crippen LogP contribution in [0.1, 0.15) is 10.4 Å². The van der Waals surface area contributed by atoms with Gasteiger partial charge in [0.25, 0.3) is 5.91 Å². The second-order valence-corrected chi connectivity index (χ2v) is 6.01. The Balaban J connectivity index is 2.04. The first-order chi connectivity index (χ1) is 10.9. The van der Waals surface area contributed by atoms with Crippen LogP contribution in [0.4, 0.5) is 5.69 Å². The van der Waals surface area contributed by atoms with E-state index < -0.39 is 0 Å². The zero-order chi connectivity index (χ0) is 17.0. The lowest BCUT2D eigenvalue weighted by atomic mass is 10.2. The lowest BCUT2D eigenvalue weighted by Gasteiger charge is -2.12. The van der Waals surface area contributed by atoms with Gasteiger partial charge < -0.3 is 10.1 Å². The molecule has 0 atom stereocenters. The smallest absolute Gasteiger partial charge is 0.257 e. The van der Waals surface area contributed by atoms with E-state index in [4.69, 9.17) is 51.8 Å². The molecule has 0 fully saturated rings. The van der Waals surface area contributed by atoms with Crippen LogP contribution in [0.25, 0.3) is 0 Å². The molecular weight excluding hydrogens is 379 g/mol. The average Bonchev–Trinajstić information content (AvgIpc) is 2.52. The summed E-state index contributed by atoms with van der Waals surface area (Å²) in [5.41, 5.74) is 0.885. The largest absolute Gasteiger partial charge is 0.497 e. The number of anilines is 1. The number of nitrogens with one attached hydrogen (secondary N) is 2. The number of methoxy groups -OCH3 is 1. The van der Waals surface area contributed by atoms with E-state index in [9.17, 15) is 4.79 Å². The number of halogens is 3. The Kier molecular flexibility index (Phi) is 6.07. The molecule has 2 aromatic rings. The highest BCUT2D eigenvalue weighted by atomic mass is 35.5. The van der Waals surface area contributed by atoms with Crippen molar-refractivity contribution in [2.24, 2.45) is 0 Å². The fourth-order valence-electron chi connectivity index (χ4n) is 1.69. The number of hydrogen-bond donors (Lipinski definition) is 2. The average molecular weight is 390 g/mol. The van der Waals surface area contributed by atoms with Crippen molar-refractivity contribution in [2.45, 2.75) is 0 Å². The first-order valence-electron chi connectivity index (χ1n) is 6.31. The normalized spacial score (nSPS) is 10.1. The third kappa shape index (κ3) is 4.72. The SMILES string of the molecule is COc1ccc(C(=O)NC(=S)Nc2cc(Cl)c(Cl)cc2Cl)cc1. The maximum absolute atomic E-state index is 12.1. The van der Waals surface area contributed by atoms with E-state index in [-0.39, 0.29) is 11.0 Å².